The molecule has 154 valence electrons. The smallest absolute Gasteiger partial charge is 0.310 e. The van der Waals surface area contributed by atoms with Gasteiger partial charge in [-0.05, 0) is 50.5 Å². The molecular formula is C22H31NO5. The van der Waals surface area contributed by atoms with Crippen LogP contribution in [0.15, 0.2) is 30.3 Å². The van der Waals surface area contributed by atoms with E-state index in [-0.39, 0.29) is 24.1 Å². The van der Waals surface area contributed by atoms with Gasteiger partial charge in [-0.3, -0.25) is 9.59 Å². The van der Waals surface area contributed by atoms with E-state index >= 15 is 0 Å². The van der Waals surface area contributed by atoms with Gasteiger partial charge in [-0.1, -0.05) is 19.1 Å². The van der Waals surface area contributed by atoms with Crippen LogP contribution in [0.2, 0.25) is 0 Å². The molecule has 0 aromatic heterocycles. The molecule has 1 aliphatic heterocycles. The van der Waals surface area contributed by atoms with Gasteiger partial charge in [0.2, 0.25) is 5.91 Å². The number of carbonyl (C=O) groups excluding carboxylic acids is 2. The van der Waals surface area contributed by atoms with Crippen LogP contribution >= 0.6 is 0 Å². The lowest BCUT2D eigenvalue weighted by molar-refractivity contribution is -0.146. The summed E-state index contributed by atoms with van der Waals surface area (Å²) in [5.74, 6) is -0.110. The highest BCUT2D eigenvalue weighted by Gasteiger charge is 2.25. The number of methoxy groups -OCH3 is 1. The second kappa shape index (κ2) is 10.9. The zero-order valence-corrected chi connectivity index (χ0v) is 17.2. The molecule has 0 spiro atoms. The fraction of sp³-hybridized carbons (Fsp3) is 0.545. The molecule has 1 amide bonds. The Morgan fingerprint density at radius 3 is 2.75 bits per heavy atom. The summed E-state index contributed by atoms with van der Waals surface area (Å²) >= 11 is 0. The highest BCUT2D eigenvalue weighted by molar-refractivity contribution is 5.92. The molecule has 0 radical (unpaired) electrons. The number of hydrogen-bond acceptors (Lipinski definition) is 5. The van der Waals surface area contributed by atoms with E-state index in [2.05, 4.69) is 0 Å². The molecule has 0 N–H and O–H groups in total. The van der Waals surface area contributed by atoms with Crippen molar-refractivity contribution in [2.24, 2.45) is 5.92 Å². The Labute approximate surface area is 167 Å². The maximum atomic E-state index is 12.8. The van der Waals surface area contributed by atoms with Gasteiger partial charge in [0.15, 0.2) is 0 Å². The van der Waals surface area contributed by atoms with E-state index in [1.165, 1.54) is 13.2 Å². The number of hydrogen-bond donors (Lipinski definition) is 0. The minimum absolute atomic E-state index is 0.0185. The average Bonchev–Trinajstić information content (AvgIpc) is 3.17. The minimum Gasteiger partial charge on any atom is -0.491 e. The van der Waals surface area contributed by atoms with E-state index in [9.17, 15) is 9.59 Å². The lowest BCUT2D eigenvalue weighted by atomic mass is 10.1. The van der Waals surface area contributed by atoms with Gasteiger partial charge in [0, 0.05) is 25.8 Å². The number of rotatable bonds is 9. The summed E-state index contributed by atoms with van der Waals surface area (Å²) in [6, 6.07) is 7.59. The number of ether oxygens (including phenoxy) is 3. The van der Waals surface area contributed by atoms with Crippen molar-refractivity contribution < 1.29 is 23.8 Å². The first-order valence-electron chi connectivity index (χ1n) is 9.82. The predicted octanol–water partition coefficient (Wildman–Crippen LogP) is 3.30. The largest absolute Gasteiger partial charge is 0.491 e. The molecule has 2 atom stereocenters. The fourth-order valence-electron chi connectivity index (χ4n) is 3.13. The average molecular weight is 389 g/mol. The van der Waals surface area contributed by atoms with Crippen molar-refractivity contribution in [3.05, 3.63) is 35.9 Å². The van der Waals surface area contributed by atoms with Crippen LogP contribution in [0.1, 0.15) is 39.2 Å². The molecule has 0 aliphatic carbocycles. The van der Waals surface area contributed by atoms with Gasteiger partial charge in [-0.25, -0.2) is 0 Å². The van der Waals surface area contributed by atoms with Crippen LogP contribution in [0, 0.1) is 5.92 Å². The van der Waals surface area contributed by atoms with Crippen molar-refractivity contribution in [3.8, 4) is 5.75 Å². The first-order valence-corrected chi connectivity index (χ1v) is 9.82. The van der Waals surface area contributed by atoms with E-state index < -0.39 is 5.92 Å². The third-order valence-corrected chi connectivity index (χ3v) is 4.51. The number of benzene rings is 1. The van der Waals surface area contributed by atoms with Crippen LogP contribution < -0.4 is 4.74 Å². The predicted molar refractivity (Wildman–Crippen MR) is 108 cm³/mol. The molecule has 1 aromatic carbocycles. The summed E-state index contributed by atoms with van der Waals surface area (Å²) < 4.78 is 16.2. The second-order valence-corrected chi connectivity index (χ2v) is 7.37. The zero-order chi connectivity index (χ0) is 20.5. The van der Waals surface area contributed by atoms with Crippen LogP contribution in [0.5, 0.6) is 5.75 Å². The maximum absolute atomic E-state index is 12.8. The van der Waals surface area contributed by atoms with Gasteiger partial charge in [0.1, 0.15) is 5.75 Å². The molecule has 6 heteroatoms. The third kappa shape index (κ3) is 7.00. The first-order chi connectivity index (χ1) is 13.4. The molecule has 6 nitrogen and oxygen atoms in total. The van der Waals surface area contributed by atoms with Crippen LogP contribution in [-0.2, 0) is 19.1 Å². The van der Waals surface area contributed by atoms with E-state index in [0.29, 0.717) is 13.1 Å². The SMILES string of the molecule is COC(=O)C(C)CN(CC1CCCO1)C(=O)/C=C/c1cccc(OC(C)C)c1. The van der Waals surface area contributed by atoms with Crippen molar-refractivity contribution >= 4 is 18.0 Å². The molecule has 2 rings (SSSR count). The molecule has 2 unspecified atom stereocenters. The number of esters is 1. The normalized spacial score (nSPS) is 17.7. The lowest BCUT2D eigenvalue weighted by Gasteiger charge is -2.26. The Morgan fingerprint density at radius 2 is 2.11 bits per heavy atom. The number of amides is 1. The zero-order valence-electron chi connectivity index (χ0n) is 17.2. The Morgan fingerprint density at radius 1 is 1.32 bits per heavy atom. The van der Waals surface area contributed by atoms with Gasteiger partial charge < -0.3 is 19.1 Å². The van der Waals surface area contributed by atoms with E-state index in [1.54, 1.807) is 17.9 Å². The molecule has 0 saturated carbocycles. The molecule has 1 fully saturated rings. The van der Waals surface area contributed by atoms with Gasteiger partial charge in [-0.2, -0.15) is 0 Å². The fourth-order valence-corrected chi connectivity index (χ4v) is 3.13. The maximum Gasteiger partial charge on any atom is 0.310 e. The van der Waals surface area contributed by atoms with Crippen LogP contribution in [0.3, 0.4) is 0 Å². The first kappa shape index (κ1) is 22.0. The van der Waals surface area contributed by atoms with E-state index in [1.807, 2.05) is 38.1 Å². The summed E-state index contributed by atoms with van der Waals surface area (Å²) in [7, 11) is 1.36. The van der Waals surface area contributed by atoms with Crippen molar-refractivity contribution in [1.82, 2.24) is 4.90 Å². The number of carbonyl (C=O) groups is 2. The molecule has 1 aromatic rings. The number of nitrogens with zero attached hydrogens (tertiary/aromatic N) is 1. The van der Waals surface area contributed by atoms with E-state index in [0.717, 1.165) is 30.8 Å². The van der Waals surface area contributed by atoms with Gasteiger partial charge in [0.05, 0.1) is 25.2 Å². The van der Waals surface area contributed by atoms with Gasteiger partial charge in [-0.15, -0.1) is 0 Å². The summed E-state index contributed by atoms with van der Waals surface area (Å²) in [5.41, 5.74) is 0.879. The molecule has 1 saturated heterocycles. The Balaban J connectivity index is 2.07. The molecular weight excluding hydrogens is 358 g/mol. The van der Waals surface area contributed by atoms with Crippen LogP contribution in [-0.4, -0.2) is 55.8 Å². The summed E-state index contributed by atoms with van der Waals surface area (Å²) in [4.78, 5) is 26.3. The van der Waals surface area contributed by atoms with E-state index in [4.69, 9.17) is 14.2 Å². The van der Waals surface area contributed by atoms with Crippen molar-refractivity contribution in [2.75, 3.05) is 26.8 Å². The summed E-state index contributed by atoms with van der Waals surface area (Å²) in [5, 5.41) is 0. The lowest BCUT2D eigenvalue weighted by Crippen LogP contribution is -2.40. The standard InChI is InChI=1S/C22H31NO5/c1-16(2)28-19-8-5-7-18(13-19)10-11-21(24)23(14-17(3)22(25)26-4)15-20-9-6-12-27-20/h5,7-8,10-11,13,16-17,20H,6,9,12,14-15H2,1-4H3/b11-10+. The minimum atomic E-state index is -0.397. The van der Waals surface area contributed by atoms with Crippen LogP contribution in [0.25, 0.3) is 6.08 Å². The second-order valence-electron chi connectivity index (χ2n) is 7.37. The molecule has 1 aliphatic rings. The Bertz CT molecular complexity index is 679. The third-order valence-electron chi connectivity index (χ3n) is 4.51. The van der Waals surface area contributed by atoms with Gasteiger partial charge >= 0.3 is 5.97 Å². The Hall–Kier alpha value is -2.34. The van der Waals surface area contributed by atoms with Crippen molar-refractivity contribution in [3.63, 3.8) is 0 Å². The van der Waals surface area contributed by atoms with Crippen molar-refractivity contribution in [2.45, 2.75) is 45.8 Å². The van der Waals surface area contributed by atoms with Crippen LogP contribution in [0.4, 0.5) is 0 Å². The highest BCUT2D eigenvalue weighted by Crippen LogP contribution is 2.17. The monoisotopic (exact) mass is 389 g/mol. The molecule has 0 bridgehead atoms. The molecule has 28 heavy (non-hydrogen) atoms. The van der Waals surface area contributed by atoms with Gasteiger partial charge in [0.25, 0.3) is 0 Å². The quantitative estimate of drug-likeness (QED) is 0.479. The molecule has 1 heterocycles. The Kier molecular flexibility index (Phi) is 8.51. The summed E-state index contributed by atoms with van der Waals surface area (Å²) in [6.07, 6.45) is 5.33. The highest BCUT2D eigenvalue weighted by atomic mass is 16.5. The topological polar surface area (TPSA) is 65.1 Å². The summed E-state index contributed by atoms with van der Waals surface area (Å²) in [6.45, 7) is 7.19. The van der Waals surface area contributed by atoms with Crippen molar-refractivity contribution in [1.29, 1.82) is 0 Å².